The van der Waals surface area contributed by atoms with E-state index < -0.39 is 17.4 Å². The van der Waals surface area contributed by atoms with Crippen LogP contribution in [0.15, 0.2) is 36.4 Å². The van der Waals surface area contributed by atoms with Gasteiger partial charge in [0.15, 0.2) is 0 Å². The topological polar surface area (TPSA) is 75.9 Å². The predicted molar refractivity (Wildman–Crippen MR) is 126 cm³/mol. The molecular formula is C25H32FN3O3. The van der Waals surface area contributed by atoms with Crippen LogP contribution in [0.2, 0.25) is 0 Å². The fourth-order valence-corrected chi connectivity index (χ4v) is 3.97. The van der Waals surface area contributed by atoms with E-state index >= 15 is 0 Å². The fourth-order valence-electron chi connectivity index (χ4n) is 3.97. The van der Waals surface area contributed by atoms with Crippen LogP contribution in [0.25, 0.3) is 0 Å². The molecule has 0 saturated carbocycles. The molecule has 0 unspecified atom stereocenters. The molecule has 0 aromatic heterocycles. The van der Waals surface area contributed by atoms with Gasteiger partial charge in [0.2, 0.25) is 0 Å². The molecule has 6 nitrogen and oxygen atoms in total. The number of amides is 1. The molecule has 2 aromatic carbocycles. The van der Waals surface area contributed by atoms with Crippen LogP contribution in [-0.4, -0.2) is 37.6 Å². The smallest absolute Gasteiger partial charge is 0.310 e. The third kappa shape index (κ3) is 5.78. The molecule has 0 bridgehead atoms. The van der Waals surface area contributed by atoms with Crippen molar-refractivity contribution in [1.82, 2.24) is 0 Å². The maximum Gasteiger partial charge on any atom is 0.310 e. The Labute approximate surface area is 189 Å². The van der Waals surface area contributed by atoms with Gasteiger partial charge in [-0.3, -0.25) is 9.59 Å². The van der Waals surface area contributed by atoms with Gasteiger partial charge >= 0.3 is 5.97 Å². The number of nitrogen functional groups attached to an aromatic ring is 1. The second-order valence-corrected chi connectivity index (χ2v) is 9.22. The van der Waals surface area contributed by atoms with Crippen molar-refractivity contribution < 1.29 is 18.7 Å². The molecule has 1 fully saturated rings. The average Bonchev–Trinajstić information content (AvgIpc) is 2.72. The molecule has 0 spiro atoms. The van der Waals surface area contributed by atoms with Gasteiger partial charge in [-0.1, -0.05) is 0 Å². The van der Waals surface area contributed by atoms with Crippen molar-refractivity contribution in [2.75, 3.05) is 35.7 Å². The van der Waals surface area contributed by atoms with Crippen molar-refractivity contribution in [1.29, 1.82) is 0 Å². The lowest BCUT2D eigenvalue weighted by molar-refractivity contribution is -0.153. The molecule has 7 heteroatoms. The summed E-state index contributed by atoms with van der Waals surface area (Å²) in [6, 6.07) is 9.35. The number of anilines is 3. The van der Waals surface area contributed by atoms with E-state index in [0.717, 1.165) is 31.6 Å². The minimum Gasteiger partial charge on any atom is -0.460 e. The van der Waals surface area contributed by atoms with Crippen molar-refractivity contribution in [3.8, 4) is 0 Å². The van der Waals surface area contributed by atoms with Crippen LogP contribution >= 0.6 is 0 Å². The third-order valence-electron chi connectivity index (χ3n) is 5.43. The maximum atomic E-state index is 13.9. The van der Waals surface area contributed by atoms with Gasteiger partial charge in [-0.05, 0) is 82.0 Å². The van der Waals surface area contributed by atoms with Gasteiger partial charge in [0, 0.05) is 31.4 Å². The monoisotopic (exact) mass is 441 g/mol. The number of benzene rings is 2. The molecule has 3 rings (SSSR count). The molecule has 0 radical (unpaired) electrons. The van der Waals surface area contributed by atoms with E-state index in [4.69, 9.17) is 10.5 Å². The molecule has 0 aliphatic carbocycles. The lowest BCUT2D eigenvalue weighted by Gasteiger charge is -2.30. The highest BCUT2D eigenvalue weighted by molar-refractivity contribution is 6.07. The number of esters is 1. The zero-order chi connectivity index (χ0) is 23.5. The first kappa shape index (κ1) is 23.6. The number of carbonyl (C=O) groups excluding carboxylic acids is 2. The maximum absolute atomic E-state index is 13.9. The van der Waals surface area contributed by atoms with Crippen LogP contribution in [-0.2, 0) is 16.0 Å². The lowest BCUT2D eigenvalue weighted by Crippen LogP contribution is -2.31. The largest absolute Gasteiger partial charge is 0.460 e. The highest BCUT2D eigenvalue weighted by Gasteiger charge is 2.22. The molecule has 1 aliphatic heterocycles. The van der Waals surface area contributed by atoms with Gasteiger partial charge in [0.1, 0.15) is 11.4 Å². The van der Waals surface area contributed by atoms with Gasteiger partial charge in [-0.2, -0.15) is 0 Å². The summed E-state index contributed by atoms with van der Waals surface area (Å²) in [6.45, 7) is 7.23. The number of hydrogen-bond acceptors (Lipinski definition) is 5. The normalized spacial score (nSPS) is 14.2. The van der Waals surface area contributed by atoms with Crippen molar-refractivity contribution in [2.24, 2.45) is 0 Å². The van der Waals surface area contributed by atoms with Crippen molar-refractivity contribution in [2.45, 2.75) is 52.1 Å². The summed E-state index contributed by atoms with van der Waals surface area (Å²) in [5.74, 6) is -1.26. The SMILES string of the molecule is CN(C(=O)c1ccc(N2CCCCC2)c(N)c1)c1ccc(F)cc1CC(=O)OC(C)(C)C. The standard InChI is InChI=1S/C25H32FN3O3/c1-25(2,3)32-23(30)16-18-14-19(26)9-11-21(18)28(4)24(31)17-8-10-22(20(27)15-17)29-12-6-5-7-13-29/h8-11,14-15H,5-7,12-13,16,27H2,1-4H3. The van der Waals surface area contributed by atoms with E-state index in [-0.39, 0.29) is 12.3 Å². The molecule has 0 atom stereocenters. The Morgan fingerprint density at radius 2 is 1.78 bits per heavy atom. The van der Waals surface area contributed by atoms with Crippen LogP contribution in [0.4, 0.5) is 21.5 Å². The van der Waals surface area contributed by atoms with E-state index in [1.54, 1.807) is 40.0 Å². The van der Waals surface area contributed by atoms with Crippen LogP contribution in [0.1, 0.15) is 56.0 Å². The quantitative estimate of drug-likeness (QED) is 0.544. The van der Waals surface area contributed by atoms with Gasteiger partial charge in [-0.25, -0.2) is 4.39 Å². The Balaban J connectivity index is 1.82. The Hall–Kier alpha value is -3.09. The number of halogens is 1. The summed E-state index contributed by atoms with van der Waals surface area (Å²) in [6.07, 6.45) is 3.35. The number of carbonyl (C=O) groups is 2. The predicted octanol–water partition coefficient (Wildman–Crippen LogP) is 4.56. The zero-order valence-corrected chi connectivity index (χ0v) is 19.3. The van der Waals surface area contributed by atoms with Crippen LogP contribution < -0.4 is 15.5 Å². The van der Waals surface area contributed by atoms with Gasteiger partial charge in [0.25, 0.3) is 5.91 Å². The van der Waals surface area contributed by atoms with Crippen molar-refractivity contribution in [3.05, 3.63) is 53.3 Å². The van der Waals surface area contributed by atoms with E-state index in [0.29, 0.717) is 22.5 Å². The first-order valence-corrected chi connectivity index (χ1v) is 11.0. The molecule has 2 N–H and O–H groups in total. The second kappa shape index (κ2) is 9.59. The number of nitrogens with two attached hydrogens (primary N) is 1. The molecular weight excluding hydrogens is 409 g/mol. The van der Waals surface area contributed by atoms with Gasteiger partial charge in [-0.15, -0.1) is 0 Å². The van der Waals surface area contributed by atoms with Crippen LogP contribution in [0.3, 0.4) is 0 Å². The Kier molecular flexibility index (Phi) is 7.06. The molecule has 1 amide bonds. The summed E-state index contributed by atoms with van der Waals surface area (Å²) in [7, 11) is 1.60. The van der Waals surface area contributed by atoms with Gasteiger partial charge < -0.3 is 20.3 Å². The second-order valence-electron chi connectivity index (χ2n) is 9.22. The number of nitrogens with zero attached hydrogens (tertiary/aromatic N) is 2. The van der Waals surface area contributed by atoms with E-state index in [9.17, 15) is 14.0 Å². The van der Waals surface area contributed by atoms with Crippen molar-refractivity contribution in [3.63, 3.8) is 0 Å². The van der Waals surface area contributed by atoms with E-state index in [1.807, 2.05) is 6.07 Å². The summed E-state index contributed by atoms with van der Waals surface area (Å²) < 4.78 is 19.3. The summed E-state index contributed by atoms with van der Waals surface area (Å²) in [4.78, 5) is 29.2. The van der Waals surface area contributed by atoms with Crippen molar-refractivity contribution >= 4 is 28.9 Å². The zero-order valence-electron chi connectivity index (χ0n) is 19.3. The molecule has 2 aromatic rings. The van der Waals surface area contributed by atoms with Crippen LogP contribution in [0.5, 0.6) is 0 Å². The third-order valence-corrected chi connectivity index (χ3v) is 5.43. The van der Waals surface area contributed by atoms with Gasteiger partial charge in [0.05, 0.1) is 17.8 Å². The number of ether oxygens (including phenoxy) is 1. The summed E-state index contributed by atoms with van der Waals surface area (Å²) in [5.41, 5.74) is 8.38. The molecule has 1 saturated heterocycles. The first-order valence-electron chi connectivity index (χ1n) is 11.0. The minimum atomic E-state index is -0.653. The summed E-state index contributed by atoms with van der Waals surface area (Å²) >= 11 is 0. The molecule has 1 heterocycles. The first-order chi connectivity index (χ1) is 15.0. The van der Waals surface area contributed by atoms with E-state index in [1.165, 1.54) is 29.5 Å². The highest BCUT2D eigenvalue weighted by atomic mass is 19.1. The fraction of sp³-hybridized carbons (Fsp3) is 0.440. The molecule has 32 heavy (non-hydrogen) atoms. The summed E-state index contributed by atoms with van der Waals surface area (Å²) in [5, 5.41) is 0. The molecule has 172 valence electrons. The van der Waals surface area contributed by atoms with E-state index in [2.05, 4.69) is 4.90 Å². The minimum absolute atomic E-state index is 0.141. The van der Waals surface area contributed by atoms with Crippen LogP contribution in [0, 0.1) is 5.82 Å². The Morgan fingerprint density at radius 3 is 2.41 bits per heavy atom. The molecule has 1 aliphatic rings. The highest BCUT2D eigenvalue weighted by Crippen LogP contribution is 2.29. The Bertz CT molecular complexity index is 994. The number of rotatable bonds is 5. The number of piperidine rings is 1. The lowest BCUT2D eigenvalue weighted by atomic mass is 10.1. The average molecular weight is 442 g/mol. The number of hydrogen-bond donors (Lipinski definition) is 1. The Morgan fingerprint density at radius 1 is 1.09 bits per heavy atom.